The number of hydrogen-bond donors (Lipinski definition) is 1. The monoisotopic (exact) mass is 314 g/mol. The van der Waals surface area contributed by atoms with Crippen LogP contribution in [0.4, 0.5) is 4.39 Å². The van der Waals surface area contributed by atoms with Crippen molar-refractivity contribution in [2.24, 2.45) is 0 Å². The fourth-order valence-corrected chi connectivity index (χ4v) is 3.74. The average molecular weight is 314 g/mol. The van der Waals surface area contributed by atoms with Crippen LogP contribution in [0.15, 0.2) is 39.9 Å². The lowest BCUT2D eigenvalue weighted by Gasteiger charge is -2.06. The summed E-state index contributed by atoms with van der Waals surface area (Å²) in [5, 5.41) is 12.4. The van der Waals surface area contributed by atoms with Gasteiger partial charge in [0.15, 0.2) is 9.84 Å². The van der Waals surface area contributed by atoms with E-state index in [4.69, 9.17) is 5.11 Å². The zero-order valence-electron chi connectivity index (χ0n) is 10.2. The molecule has 4 nitrogen and oxygen atoms in total. The summed E-state index contributed by atoms with van der Waals surface area (Å²) >= 11 is 1.46. The second-order valence-corrected chi connectivity index (χ2v) is 7.01. The van der Waals surface area contributed by atoms with Crippen LogP contribution in [0.2, 0.25) is 0 Å². The molecule has 0 saturated heterocycles. The van der Waals surface area contributed by atoms with E-state index < -0.39 is 26.5 Å². The van der Waals surface area contributed by atoms with Gasteiger partial charge in [0.1, 0.15) is 10.7 Å². The Bertz CT molecular complexity index is 721. The maximum atomic E-state index is 13.7. The van der Waals surface area contributed by atoms with Crippen LogP contribution < -0.4 is 0 Å². The first-order chi connectivity index (χ1) is 9.40. The Morgan fingerprint density at radius 1 is 1.30 bits per heavy atom. The zero-order chi connectivity index (χ0) is 14.8. The number of aromatic carboxylic acids is 1. The topological polar surface area (TPSA) is 71.4 Å². The molecule has 0 radical (unpaired) electrons. The number of carbonyl (C=O) groups is 1. The Labute approximate surface area is 119 Å². The van der Waals surface area contributed by atoms with Gasteiger partial charge in [0.05, 0.1) is 11.3 Å². The summed E-state index contributed by atoms with van der Waals surface area (Å²) in [6, 6.07) is 4.62. The highest BCUT2D eigenvalue weighted by Gasteiger charge is 2.20. The number of carboxylic acids is 1. The van der Waals surface area contributed by atoms with Gasteiger partial charge in [-0.15, -0.1) is 0 Å². The summed E-state index contributed by atoms with van der Waals surface area (Å²) in [6.45, 7) is 0. The van der Waals surface area contributed by atoms with Crippen molar-refractivity contribution in [1.29, 1.82) is 0 Å². The molecule has 7 heteroatoms. The Morgan fingerprint density at radius 3 is 2.60 bits per heavy atom. The van der Waals surface area contributed by atoms with E-state index in [1.54, 1.807) is 0 Å². The standard InChI is InChI=1S/C13H11FO4S2/c14-11-7-10(13(15)16)1-2-12(11)20(17,18)6-4-9-3-5-19-8-9/h1-3,5,7-8H,4,6H2,(H,15,16). The van der Waals surface area contributed by atoms with E-state index in [0.29, 0.717) is 6.42 Å². The lowest BCUT2D eigenvalue weighted by Crippen LogP contribution is -2.11. The van der Waals surface area contributed by atoms with Crippen molar-refractivity contribution >= 4 is 27.1 Å². The molecule has 0 unspecified atom stereocenters. The average Bonchev–Trinajstić information content (AvgIpc) is 2.89. The summed E-state index contributed by atoms with van der Waals surface area (Å²) in [7, 11) is -3.77. The first kappa shape index (κ1) is 14.7. The minimum absolute atomic E-state index is 0.215. The molecule has 0 spiro atoms. The van der Waals surface area contributed by atoms with E-state index in [9.17, 15) is 17.6 Å². The van der Waals surface area contributed by atoms with Gasteiger partial charge in [0.2, 0.25) is 0 Å². The van der Waals surface area contributed by atoms with Crippen LogP contribution in [-0.2, 0) is 16.3 Å². The number of sulfone groups is 1. The van der Waals surface area contributed by atoms with Gasteiger partial charge >= 0.3 is 5.97 Å². The lowest BCUT2D eigenvalue weighted by molar-refractivity contribution is 0.0696. The van der Waals surface area contributed by atoms with E-state index in [1.165, 1.54) is 11.3 Å². The molecule has 0 aliphatic rings. The first-order valence-electron chi connectivity index (χ1n) is 5.67. The molecule has 106 valence electrons. The van der Waals surface area contributed by atoms with Crippen molar-refractivity contribution in [3.8, 4) is 0 Å². The SMILES string of the molecule is O=C(O)c1ccc(S(=O)(=O)CCc2ccsc2)c(F)c1. The van der Waals surface area contributed by atoms with E-state index in [-0.39, 0.29) is 11.3 Å². The molecular formula is C13H11FO4S2. The molecule has 2 rings (SSSR count). The fourth-order valence-electron chi connectivity index (χ4n) is 1.68. The highest BCUT2D eigenvalue weighted by atomic mass is 32.2. The van der Waals surface area contributed by atoms with Crippen LogP contribution in [0.1, 0.15) is 15.9 Å². The van der Waals surface area contributed by atoms with Crippen LogP contribution in [0.25, 0.3) is 0 Å². The predicted molar refractivity (Wildman–Crippen MR) is 73.4 cm³/mol. The van der Waals surface area contributed by atoms with Gasteiger partial charge in [0.25, 0.3) is 0 Å². The summed E-state index contributed by atoms with van der Waals surface area (Å²) in [6.07, 6.45) is 0.298. The molecule has 0 atom stereocenters. The Kier molecular flexibility index (Phi) is 4.20. The number of halogens is 1. The van der Waals surface area contributed by atoms with Gasteiger partial charge in [-0.05, 0) is 47.0 Å². The molecule has 1 heterocycles. The minimum Gasteiger partial charge on any atom is -0.478 e. The summed E-state index contributed by atoms with van der Waals surface area (Å²) in [5.41, 5.74) is 0.598. The molecular weight excluding hydrogens is 303 g/mol. The lowest BCUT2D eigenvalue weighted by atomic mass is 10.2. The molecule has 1 aromatic carbocycles. The van der Waals surface area contributed by atoms with Crippen molar-refractivity contribution in [2.45, 2.75) is 11.3 Å². The zero-order valence-corrected chi connectivity index (χ0v) is 11.9. The number of benzene rings is 1. The maximum absolute atomic E-state index is 13.7. The van der Waals surface area contributed by atoms with Crippen LogP contribution in [0, 0.1) is 5.82 Å². The predicted octanol–water partition coefficient (Wildman–Crippen LogP) is 2.60. The van der Waals surface area contributed by atoms with Crippen molar-refractivity contribution in [3.63, 3.8) is 0 Å². The largest absolute Gasteiger partial charge is 0.478 e. The maximum Gasteiger partial charge on any atom is 0.335 e. The summed E-state index contributed by atoms with van der Waals surface area (Å²) in [5.74, 6) is -2.55. The van der Waals surface area contributed by atoms with Gasteiger partial charge in [-0.2, -0.15) is 11.3 Å². The van der Waals surface area contributed by atoms with Crippen LogP contribution >= 0.6 is 11.3 Å². The van der Waals surface area contributed by atoms with Gasteiger partial charge in [0, 0.05) is 0 Å². The van der Waals surface area contributed by atoms with E-state index in [2.05, 4.69) is 0 Å². The molecule has 1 aromatic heterocycles. The highest BCUT2D eigenvalue weighted by molar-refractivity contribution is 7.91. The normalized spacial score (nSPS) is 11.4. The van der Waals surface area contributed by atoms with Crippen LogP contribution in [0.3, 0.4) is 0 Å². The van der Waals surface area contributed by atoms with Crippen molar-refractivity contribution in [2.75, 3.05) is 5.75 Å². The second-order valence-electron chi connectivity index (χ2n) is 4.15. The molecule has 0 aliphatic heterocycles. The second kappa shape index (κ2) is 5.72. The van der Waals surface area contributed by atoms with E-state index >= 15 is 0 Å². The third-order valence-electron chi connectivity index (χ3n) is 2.75. The Morgan fingerprint density at radius 2 is 2.05 bits per heavy atom. The smallest absolute Gasteiger partial charge is 0.335 e. The summed E-state index contributed by atoms with van der Waals surface area (Å²) < 4.78 is 37.8. The number of carboxylic acid groups (broad SMARTS) is 1. The van der Waals surface area contributed by atoms with Crippen LogP contribution in [0.5, 0.6) is 0 Å². The minimum atomic E-state index is -3.77. The van der Waals surface area contributed by atoms with Gasteiger partial charge in [-0.25, -0.2) is 17.6 Å². The van der Waals surface area contributed by atoms with Gasteiger partial charge in [-0.3, -0.25) is 0 Å². The van der Waals surface area contributed by atoms with Gasteiger partial charge in [-0.1, -0.05) is 0 Å². The Balaban J connectivity index is 2.23. The summed E-state index contributed by atoms with van der Waals surface area (Å²) in [4.78, 5) is 10.2. The molecule has 2 aromatic rings. The molecule has 0 amide bonds. The number of thiophene rings is 1. The first-order valence-corrected chi connectivity index (χ1v) is 8.26. The highest BCUT2D eigenvalue weighted by Crippen LogP contribution is 2.19. The number of aryl methyl sites for hydroxylation is 1. The van der Waals surface area contributed by atoms with E-state index in [1.807, 2.05) is 16.8 Å². The third-order valence-corrected chi connectivity index (χ3v) is 5.23. The van der Waals surface area contributed by atoms with Crippen LogP contribution in [-0.4, -0.2) is 25.2 Å². The molecule has 20 heavy (non-hydrogen) atoms. The fraction of sp³-hybridized carbons (Fsp3) is 0.154. The molecule has 0 aliphatic carbocycles. The molecule has 0 bridgehead atoms. The number of rotatable bonds is 5. The third kappa shape index (κ3) is 3.23. The Hall–Kier alpha value is -1.73. The molecule has 0 saturated carbocycles. The van der Waals surface area contributed by atoms with Crippen molar-refractivity contribution in [1.82, 2.24) is 0 Å². The number of hydrogen-bond acceptors (Lipinski definition) is 4. The quantitative estimate of drug-likeness (QED) is 0.921. The van der Waals surface area contributed by atoms with Crippen molar-refractivity contribution < 1.29 is 22.7 Å². The molecule has 0 fully saturated rings. The van der Waals surface area contributed by atoms with E-state index in [0.717, 1.165) is 23.8 Å². The van der Waals surface area contributed by atoms with Crippen molar-refractivity contribution in [3.05, 3.63) is 52.0 Å². The van der Waals surface area contributed by atoms with Gasteiger partial charge < -0.3 is 5.11 Å². The molecule has 1 N–H and O–H groups in total.